The number of esters is 1. The van der Waals surface area contributed by atoms with Crippen molar-refractivity contribution >= 4 is 35.2 Å². The lowest BCUT2D eigenvalue weighted by Crippen LogP contribution is -2.41. The van der Waals surface area contributed by atoms with E-state index < -0.39 is 23.8 Å². The Labute approximate surface area is 292 Å². The van der Waals surface area contributed by atoms with Crippen LogP contribution in [-0.4, -0.2) is 42.1 Å². The average molecular weight is 678 g/mol. The normalized spacial score (nSPS) is 11.2. The lowest BCUT2D eigenvalue weighted by Gasteiger charge is -2.17. The Morgan fingerprint density at radius 1 is 0.680 bits per heavy atom. The van der Waals surface area contributed by atoms with Gasteiger partial charge in [0.2, 0.25) is 11.8 Å². The molecule has 10 nitrogen and oxygen atoms in total. The summed E-state index contributed by atoms with van der Waals surface area (Å²) in [6.45, 7) is 4.23. The molecule has 0 saturated carbocycles. The van der Waals surface area contributed by atoms with E-state index in [1.54, 1.807) is 97.1 Å². The first-order valence-corrected chi connectivity index (χ1v) is 16.7. The molecule has 50 heavy (non-hydrogen) atoms. The van der Waals surface area contributed by atoms with E-state index >= 15 is 0 Å². The average Bonchev–Trinajstić information content (AvgIpc) is 3.11. The third-order valence-corrected chi connectivity index (χ3v) is 8.01. The molecule has 0 aliphatic carbocycles. The summed E-state index contributed by atoms with van der Waals surface area (Å²) in [6.07, 6.45) is 6.12. The van der Waals surface area contributed by atoms with Gasteiger partial charge in [-0.15, -0.1) is 0 Å². The van der Waals surface area contributed by atoms with Crippen LogP contribution in [0, 0.1) is 0 Å². The van der Waals surface area contributed by atoms with E-state index in [-0.39, 0.29) is 24.5 Å². The SMILES string of the molecule is CCCCCCCOc1ccc(C(=O)Oc2ccc(C[C@H](NC(=O)c3ccc(NC(=O)Cc4ccc(C(N)=O)cc4)cc3)C(C)=O)cc2)cc1. The van der Waals surface area contributed by atoms with Gasteiger partial charge in [0.1, 0.15) is 11.5 Å². The van der Waals surface area contributed by atoms with Crippen LogP contribution >= 0.6 is 0 Å². The van der Waals surface area contributed by atoms with E-state index in [2.05, 4.69) is 17.6 Å². The number of nitrogens with one attached hydrogen (secondary N) is 2. The molecular formula is C40H43N3O7. The highest BCUT2D eigenvalue weighted by Gasteiger charge is 2.19. The monoisotopic (exact) mass is 677 g/mol. The van der Waals surface area contributed by atoms with Crippen LogP contribution in [0.2, 0.25) is 0 Å². The van der Waals surface area contributed by atoms with Crippen LogP contribution in [-0.2, 0) is 22.4 Å². The molecule has 4 aromatic carbocycles. The molecule has 4 rings (SSSR count). The van der Waals surface area contributed by atoms with Gasteiger partial charge in [0.25, 0.3) is 5.91 Å². The van der Waals surface area contributed by atoms with E-state index in [0.717, 1.165) is 18.4 Å². The van der Waals surface area contributed by atoms with Crippen LogP contribution in [0.25, 0.3) is 0 Å². The van der Waals surface area contributed by atoms with Crippen molar-refractivity contribution in [3.8, 4) is 11.5 Å². The highest BCUT2D eigenvalue weighted by atomic mass is 16.5. The molecule has 0 aliphatic rings. The minimum Gasteiger partial charge on any atom is -0.494 e. The summed E-state index contributed by atoms with van der Waals surface area (Å²) in [6, 6.07) is 25.6. The Balaban J connectivity index is 1.24. The summed E-state index contributed by atoms with van der Waals surface area (Å²) >= 11 is 0. The number of ketones is 1. The first kappa shape index (κ1) is 37.1. The van der Waals surface area contributed by atoms with E-state index in [1.165, 1.54) is 26.2 Å². The van der Waals surface area contributed by atoms with Crippen molar-refractivity contribution in [2.45, 2.75) is 64.8 Å². The van der Waals surface area contributed by atoms with Gasteiger partial charge < -0.3 is 25.8 Å². The smallest absolute Gasteiger partial charge is 0.343 e. The number of hydrogen-bond donors (Lipinski definition) is 3. The number of carbonyl (C=O) groups is 5. The molecule has 260 valence electrons. The Morgan fingerprint density at radius 2 is 1.26 bits per heavy atom. The second-order valence-corrected chi connectivity index (χ2v) is 12.0. The van der Waals surface area contributed by atoms with Crippen molar-refractivity contribution in [2.75, 3.05) is 11.9 Å². The lowest BCUT2D eigenvalue weighted by molar-refractivity contribution is -0.119. The molecule has 3 amide bonds. The zero-order chi connectivity index (χ0) is 35.9. The fourth-order valence-electron chi connectivity index (χ4n) is 5.10. The maximum atomic E-state index is 13.0. The number of hydrogen-bond acceptors (Lipinski definition) is 7. The molecule has 0 heterocycles. The van der Waals surface area contributed by atoms with E-state index in [0.29, 0.717) is 46.0 Å². The van der Waals surface area contributed by atoms with Crippen LogP contribution in [0.5, 0.6) is 11.5 Å². The summed E-state index contributed by atoms with van der Waals surface area (Å²) < 4.78 is 11.3. The van der Waals surface area contributed by atoms with Crippen molar-refractivity contribution in [3.05, 3.63) is 125 Å². The molecule has 1 atom stereocenters. The number of anilines is 1. The van der Waals surface area contributed by atoms with Gasteiger partial charge >= 0.3 is 5.97 Å². The van der Waals surface area contributed by atoms with Crippen LogP contribution in [0.3, 0.4) is 0 Å². The highest BCUT2D eigenvalue weighted by molar-refractivity contribution is 5.99. The van der Waals surface area contributed by atoms with Crippen molar-refractivity contribution < 1.29 is 33.4 Å². The second-order valence-electron chi connectivity index (χ2n) is 12.0. The van der Waals surface area contributed by atoms with Gasteiger partial charge in [-0.2, -0.15) is 0 Å². The predicted molar refractivity (Wildman–Crippen MR) is 191 cm³/mol. The molecule has 0 fully saturated rings. The molecular weight excluding hydrogens is 634 g/mol. The predicted octanol–water partition coefficient (Wildman–Crippen LogP) is 6.47. The molecule has 0 saturated heterocycles. The molecule has 4 N–H and O–H groups in total. The van der Waals surface area contributed by atoms with Gasteiger partial charge in [0.15, 0.2) is 5.78 Å². The molecule has 10 heteroatoms. The number of unbranched alkanes of at least 4 members (excludes halogenated alkanes) is 4. The van der Waals surface area contributed by atoms with Gasteiger partial charge in [-0.3, -0.25) is 19.2 Å². The molecule has 4 aromatic rings. The molecule has 0 aliphatic heterocycles. The number of nitrogens with two attached hydrogens (primary N) is 1. The number of primary amides is 1. The van der Waals surface area contributed by atoms with Crippen molar-refractivity contribution in [1.82, 2.24) is 5.32 Å². The Hall–Kier alpha value is -5.77. The topological polar surface area (TPSA) is 154 Å². The summed E-state index contributed by atoms with van der Waals surface area (Å²) in [5.41, 5.74) is 8.31. The van der Waals surface area contributed by atoms with Gasteiger partial charge in [0.05, 0.1) is 24.6 Å². The Bertz CT molecular complexity index is 1750. The molecule has 0 aromatic heterocycles. The summed E-state index contributed by atoms with van der Waals surface area (Å²) in [4.78, 5) is 61.8. The fourth-order valence-corrected chi connectivity index (χ4v) is 5.10. The zero-order valence-electron chi connectivity index (χ0n) is 28.4. The molecule has 0 spiro atoms. The van der Waals surface area contributed by atoms with Crippen molar-refractivity contribution in [1.29, 1.82) is 0 Å². The fraction of sp³-hybridized carbons (Fsp3) is 0.275. The number of benzene rings is 4. The third kappa shape index (κ3) is 11.7. The van der Waals surface area contributed by atoms with Crippen LogP contribution in [0.4, 0.5) is 5.69 Å². The Morgan fingerprint density at radius 3 is 1.88 bits per heavy atom. The molecule has 0 radical (unpaired) electrons. The van der Waals surface area contributed by atoms with Crippen LogP contribution in [0.1, 0.15) is 88.2 Å². The molecule has 0 unspecified atom stereocenters. The maximum Gasteiger partial charge on any atom is 0.343 e. The minimum absolute atomic E-state index is 0.0913. The van der Waals surface area contributed by atoms with E-state index in [9.17, 15) is 24.0 Å². The van der Waals surface area contributed by atoms with Gasteiger partial charge in [-0.1, -0.05) is 56.9 Å². The summed E-state index contributed by atoms with van der Waals surface area (Å²) in [7, 11) is 0. The van der Waals surface area contributed by atoms with Gasteiger partial charge in [-0.25, -0.2) is 4.79 Å². The third-order valence-electron chi connectivity index (χ3n) is 8.01. The van der Waals surface area contributed by atoms with Crippen LogP contribution in [0.15, 0.2) is 97.1 Å². The number of ether oxygens (including phenoxy) is 2. The largest absolute Gasteiger partial charge is 0.494 e. The quantitative estimate of drug-likeness (QED) is 0.0620. The first-order valence-electron chi connectivity index (χ1n) is 16.7. The second kappa shape index (κ2) is 18.7. The molecule has 0 bridgehead atoms. The standard InChI is InChI=1S/C40H43N3O7/c1-3-4-5-6-7-24-49-34-22-16-32(17-23-34)40(48)50-35-20-10-28(11-21-35)25-36(27(2)44)43-39(47)31-14-18-33(19-15-31)42-37(45)26-29-8-12-30(13-9-29)38(41)46/h8-23,36H,3-7,24-26H2,1-2H3,(H2,41,46)(H,42,45)(H,43,47)/t36-/m0/s1. The van der Waals surface area contributed by atoms with Crippen LogP contribution < -0.4 is 25.8 Å². The minimum atomic E-state index is -0.784. The van der Waals surface area contributed by atoms with Crippen molar-refractivity contribution in [2.24, 2.45) is 5.73 Å². The number of carbonyl (C=O) groups excluding carboxylic acids is 5. The lowest BCUT2D eigenvalue weighted by atomic mass is 10.0. The first-order chi connectivity index (χ1) is 24.1. The number of rotatable bonds is 18. The van der Waals surface area contributed by atoms with E-state index in [1.807, 2.05) is 0 Å². The zero-order valence-corrected chi connectivity index (χ0v) is 28.4. The number of Topliss-reactive ketones (excluding diaryl/α,β-unsaturated/α-hetero) is 1. The van der Waals surface area contributed by atoms with Gasteiger partial charge in [0, 0.05) is 16.8 Å². The van der Waals surface area contributed by atoms with Gasteiger partial charge in [-0.05, 0) is 104 Å². The maximum absolute atomic E-state index is 13.0. The summed E-state index contributed by atoms with van der Waals surface area (Å²) in [5, 5.41) is 5.55. The van der Waals surface area contributed by atoms with Crippen molar-refractivity contribution in [3.63, 3.8) is 0 Å². The highest BCUT2D eigenvalue weighted by Crippen LogP contribution is 2.19. The number of amides is 3. The summed E-state index contributed by atoms with van der Waals surface area (Å²) in [5.74, 6) is -0.910. The Kier molecular flexibility index (Phi) is 13.8. The van der Waals surface area contributed by atoms with E-state index in [4.69, 9.17) is 15.2 Å².